The van der Waals surface area contributed by atoms with Crippen molar-refractivity contribution in [2.75, 3.05) is 13.2 Å². The van der Waals surface area contributed by atoms with Gasteiger partial charge in [0.2, 0.25) is 5.78 Å². The van der Waals surface area contributed by atoms with E-state index in [-0.39, 0.29) is 54.5 Å². The lowest BCUT2D eigenvalue weighted by molar-refractivity contribution is -0.153. The second kappa shape index (κ2) is 11.5. The summed E-state index contributed by atoms with van der Waals surface area (Å²) in [5, 5.41) is 0. The second-order valence-corrected chi connectivity index (χ2v) is 12.9. The quantitative estimate of drug-likeness (QED) is 0.264. The Morgan fingerprint density at radius 2 is 1.13 bits per heavy atom. The largest absolute Gasteiger partial charge is 0.457 e. The van der Waals surface area contributed by atoms with Crippen LogP contribution in [0.15, 0.2) is 12.1 Å². The maximum Gasteiger partial charge on any atom is 0.309 e. The van der Waals surface area contributed by atoms with Gasteiger partial charge in [-0.15, -0.1) is 0 Å². The van der Waals surface area contributed by atoms with Crippen LogP contribution in [0, 0.1) is 17.8 Å². The van der Waals surface area contributed by atoms with Crippen LogP contribution < -0.4 is 0 Å². The van der Waals surface area contributed by atoms with Crippen LogP contribution in [0.5, 0.6) is 0 Å². The lowest BCUT2D eigenvalue weighted by atomic mass is 9.73. The van der Waals surface area contributed by atoms with E-state index in [1.54, 1.807) is 0 Å². The number of carbonyl (C=O) groups is 4. The van der Waals surface area contributed by atoms with E-state index >= 15 is 0 Å². The summed E-state index contributed by atoms with van der Waals surface area (Å²) in [7, 11) is 0. The van der Waals surface area contributed by atoms with E-state index < -0.39 is 0 Å². The van der Waals surface area contributed by atoms with Crippen molar-refractivity contribution in [2.24, 2.45) is 17.8 Å². The van der Waals surface area contributed by atoms with E-state index in [9.17, 15) is 19.2 Å². The molecule has 0 heterocycles. The third-order valence-electron chi connectivity index (χ3n) is 10.6. The minimum Gasteiger partial charge on any atom is -0.457 e. The van der Waals surface area contributed by atoms with E-state index in [0.29, 0.717) is 17.8 Å². The van der Waals surface area contributed by atoms with Gasteiger partial charge in [0.25, 0.3) is 0 Å². The van der Waals surface area contributed by atoms with Crippen LogP contribution in [0.25, 0.3) is 0 Å². The van der Waals surface area contributed by atoms with Gasteiger partial charge in [-0.2, -0.15) is 0 Å². The van der Waals surface area contributed by atoms with Crippen LogP contribution in [0.2, 0.25) is 0 Å². The third kappa shape index (κ3) is 5.45. The fraction of sp³-hybridized carbons (Fsp3) is 0.697. The summed E-state index contributed by atoms with van der Waals surface area (Å²) in [5.74, 6) is 0.854. The highest BCUT2D eigenvalue weighted by Crippen LogP contribution is 2.57. The lowest BCUT2D eigenvalue weighted by Gasteiger charge is -2.31. The molecule has 2 unspecified atom stereocenters. The summed E-state index contributed by atoms with van der Waals surface area (Å²) in [6.07, 6.45) is 14.8. The number of rotatable bonds is 9. The van der Waals surface area contributed by atoms with Crippen LogP contribution in [-0.4, -0.2) is 36.7 Å². The van der Waals surface area contributed by atoms with Gasteiger partial charge in [0.05, 0.1) is 11.8 Å². The minimum atomic E-state index is -0.213. The van der Waals surface area contributed by atoms with Crippen LogP contribution in [0.1, 0.15) is 141 Å². The monoisotopic (exact) mass is 534 g/mol. The number of carbonyl (C=O) groups excluding carboxylic acids is 4. The maximum atomic E-state index is 13.2. The number of ketones is 2. The molecule has 2 atom stereocenters. The molecule has 2 bridgehead atoms. The molecule has 0 aromatic heterocycles. The van der Waals surface area contributed by atoms with Gasteiger partial charge in [-0.1, -0.05) is 37.8 Å². The SMILES string of the molecule is O=C(COC(=O)C1CCCC1)c1ccc(C2CCC(C(=O)COC(=O)C3CCCC3)CC2)c2c1C1CCC2C1. The Labute approximate surface area is 231 Å². The van der Waals surface area contributed by atoms with Crippen LogP contribution in [-0.2, 0) is 23.9 Å². The molecule has 210 valence electrons. The zero-order valence-corrected chi connectivity index (χ0v) is 23.1. The van der Waals surface area contributed by atoms with Crippen molar-refractivity contribution in [2.45, 2.75) is 114 Å². The standard InChI is InChI=1S/C33H42O6/c34-28(18-38-32(36)22-5-1-2-6-22)21-11-9-20(10-12-21)26-15-16-27(31-25-14-13-24(17-25)30(26)31)29(35)19-39-33(37)23-7-3-4-8-23/h15-16,20-25H,1-14,17-19H2. The highest BCUT2D eigenvalue weighted by atomic mass is 16.5. The average molecular weight is 535 g/mol. The predicted octanol–water partition coefficient (Wildman–Crippen LogP) is 6.54. The Morgan fingerprint density at radius 3 is 1.74 bits per heavy atom. The van der Waals surface area contributed by atoms with Crippen molar-refractivity contribution in [3.63, 3.8) is 0 Å². The first-order valence-corrected chi connectivity index (χ1v) is 15.6. The Balaban J connectivity index is 1.08. The molecule has 1 aromatic carbocycles. The molecule has 0 radical (unpaired) electrons. The number of benzene rings is 1. The summed E-state index contributed by atoms with van der Waals surface area (Å²) < 4.78 is 10.9. The second-order valence-electron chi connectivity index (χ2n) is 12.9. The summed E-state index contributed by atoms with van der Waals surface area (Å²) >= 11 is 0. The number of esters is 2. The normalized spacial score (nSPS) is 28.4. The molecule has 6 heteroatoms. The smallest absolute Gasteiger partial charge is 0.309 e. The van der Waals surface area contributed by atoms with Crippen molar-refractivity contribution in [1.82, 2.24) is 0 Å². The molecule has 1 aromatic rings. The van der Waals surface area contributed by atoms with Gasteiger partial charge in [-0.3, -0.25) is 19.2 Å². The predicted molar refractivity (Wildman–Crippen MR) is 146 cm³/mol. The highest BCUT2D eigenvalue weighted by Gasteiger charge is 2.42. The number of hydrogen-bond donors (Lipinski definition) is 0. The molecule has 0 saturated heterocycles. The zero-order valence-electron chi connectivity index (χ0n) is 23.1. The lowest BCUT2D eigenvalue weighted by Crippen LogP contribution is -2.27. The van der Waals surface area contributed by atoms with E-state index in [4.69, 9.17) is 9.47 Å². The van der Waals surface area contributed by atoms with Gasteiger partial charge < -0.3 is 9.47 Å². The van der Waals surface area contributed by atoms with Gasteiger partial charge >= 0.3 is 11.9 Å². The van der Waals surface area contributed by atoms with Crippen molar-refractivity contribution >= 4 is 23.5 Å². The summed E-state index contributed by atoms with van der Waals surface area (Å²) in [6.45, 7) is -0.233. The summed E-state index contributed by atoms with van der Waals surface area (Å²) in [5.41, 5.74) is 4.74. The zero-order chi connectivity index (χ0) is 26.9. The third-order valence-corrected chi connectivity index (χ3v) is 10.6. The molecule has 39 heavy (non-hydrogen) atoms. The molecule has 4 saturated carbocycles. The number of ether oxygens (including phenoxy) is 2. The maximum absolute atomic E-state index is 13.2. The Kier molecular flexibility index (Phi) is 7.91. The van der Waals surface area contributed by atoms with E-state index in [0.717, 1.165) is 95.5 Å². The van der Waals surface area contributed by atoms with Crippen LogP contribution in [0.4, 0.5) is 0 Å². The van der Waals surface area contributed by atoms with Crippen LogP contribution >= 0.6 is 0 Å². The highest BCUT2D eigenvalue weighted by molar-refractivity contribution is 6.00. The average Bonchev–Trinajstić information content (AvgIpc) is 3.79. The van der Waals surface area contributed by atoms with Crippen molar-refractivity contribution in [1.29, 1.82) is 0 Å². The molecule has 5 aliphatic rings. The van der Waals surface area contributed by atoms with E-state index in [1.165, 1.54) is 23.1 Å². The summed E-state index contributed by atoms with van der Waals surface area (Å²) in [4.78, 5) is 50.7. The Hall–Kier alpha value is -2.50. The van der Waals surface area contributed by atoms with Gasteiger partial charge in [0, 0.05) is 11.5 Å². The molecular formula is C33H42O6. The fourth-order valence-corrected chi connectivity index (χ4v) is 8.41. The molecule has 6 rings (SSSR count). The summed E-state index contributed by atoms with van der Waals surface area (Å²) in [6, 6.07) is 4.14. The van der Waals surface area contributed by atoms with Crippen molar-refractivity contribution in [3.8, 4) is 0 Å². The van der Waals surface area contributed by atoms with E-state index in [1.807, 2.05) is 6.07 Å². The van der Waals surface area contributed by atoms with Gasteiger partial charge in [0.15, 0.2) is 12.4 Å². The van der Waals surface area contributed by atoms with Gasteiger partial charge in [0.1, 0.15) is 6.61 Å². The number of fused-ring (bicyclic) bond motifs is 5. The van der Waals surface area contributed by atoms with Gasteiger partial charge in [-0.05, 0) is 105 Å². The Morgan fingerprint density at radius 1 is 0.590 bits per heavy atom. The molecule has 0 aliphatic heterocycles. The van der Waals surface area contributed by atoms with Crippen molar-refractivity contribution < 1.29 is 28.7 Å². The molecule has 5 aliphatic carbocycles. The van der Waals surface area contributed by atoms with Gasteiger partial charge in [-0.25, -0.2) is 0 Å². The molecule has 6 nitrogen and oxygen atoms in total. The van der Waals surface area contributed by atoms with Crippen LogP contribution in [0.3, 0.4) is 0 Å². The first-order chi connectivity index (χ1) is 19.0. The number of hydrogen-bond acceptors (Lipinski definition) is 6. The van der Waals surface area contributed by atoms with E-state index in [2.05, 4.69) is 6.07 Å². The molecule has 0 amide bonds. The van der Waals surface area contributed by atoms with Crippen molar-refractivity contribution in [3.05, 3.63) is 34.4 Å². The first kappa shape index (κ1) is 26.7. The minimum absolute atomic E-state index is 0.0137. The molecular weight excluding hydrogens is 492 g/mol. The fourth-order valence-electron chi connectivity index (χ4n) is 8.41. The molecule has 4 fully saturated rings. The molecule has 0 spiro atoms. The number of Topliss-reactive ketones (excluding diaryl/α,β-unsaturated/α-hetero) is 2. The first-order valence-electron chi connectivity index (χ1n) is 15.6. The molecule has 0 N–H and O–H groups in total. The Bertz CT molecular complexity index is 1120. The topological polar surface area (TPSA) is 86.7 Å².